The van der Waals surface area contributed by atoms with Gasteiger partial charge in [0.2, 0.25) is 0 Å². The van der Waals surface area contributed by atoms with E-state index in [1.54, 1.807) is 0 Å². The van der Waals surface area contributed by atoms with Crippen LogP contribution in [0.1, 0.15) is 41.8 Å². The molecule has 1 fully saturated rings. The van der Waals surface area contributed by atoms with E-state index in [2.05, 4.69) is 22.4 Å². The van der Waals surface area contributed by atoms with Crippen LogP contribution in [-0.4, -0.2) is 22.7 Å². The molecule has 2 heterocycles. The van der Waals surface area contributed by atoms with Gasteiger partial charge >= 0.3 is 0 Å². The average molecular weight is 199 g/mol. The quantitative estimate of drug-likeness (QED) is 0.690. The van der Waals surface area contributed by atoms with Gasteiger partial charge in [0, 0.05) is 42.4 Å². The Morgan fingerprint density at radius 1 is 1.27 bits per heavy atom. The zero-order valence-electron chi connectivity index (χ0n) is 8.56. The van der Waals surface area contributed by atoms with E-state index in [0.29, 0.717) is 17.8 Å². The minimum atomic E-state index is 0.591. The third kappa shape index (κ3) is 1.09. The number of hydrogen-bond donors (Lipinski definition) is 0. The van der Waals surface area contributed by atoms with E-state index in [1.165, 1.54) is 24.1 Å². The summed E-state index contributed by atoms with van der Waals surface area (Å²) in [5.41, 5.74) is 2.66. The molecule has 3 heteroatoms. The van der Waals surface area contributed by atoms with Crippen LogP contribution in [0.2, 0.25) is 0 Å². The van der Waals surface area contributed by atoms with Crippen molar-refractivity contribution in [2.75, 3.05) is 6.54 Å². The van der Waals surface area contributed by atoms with Crippen LogP contribution in [0.15, 0.2) is 11.2 Å². The van der Waals surface area contributed by atoms with Crippen molar-refractivity contribution in [3.8, 4) is 0 Å². The third-order valence-corrected chi connectivity index (χ3v) is 3.81. The number of nitrogens with zero attached hydrogens (tertiary/aromatic N) is 3. The fraction of sp³-hybridized carbons (Fsp3) is 0.583. The normalized spacial score (nSPS) is 31.7. The SMILES string of the molecule is C1=NCC2c3cnc(C4CC4)nc3CC12. The van der Waals surface area contributed by atoms with Gasteiger partial charge in [0.15, 0.2) is 0 Å². The lowest BCUT2D eigenvalue weighted by Crippen LogP contribution is -2.04. The fourth-order valence-electron chi connectivity index (χ4n) is 2.75. The topological polar surface area (TPSA) is 38.1 Å². The van der Waals surface area contributed by atoms with E-state index >= 15 is 0 Å². The molecule has 15 heavy (non-hydrogen) atoms. The molecule has 0 N–H and O–H groups in total. The lowest BCUT2D eigenvalue weighted by molar-refractivity contribution is 0.638. The smallest absolute Gasteiger partial charge is 0.131 e. The first-order valence-corrected chi connectivity index (χ1v) is 5.77. The van der Waals surface area contributed by atoms with Crippen molar-refractivity contribution < 1.29 is 0 Å². The highest BCUT2D eigenvalue weighted by atomic mass is 14.9. The van der Waals surface area contributed by atoms with Crippen molar-refractivity contribution in [1.82, 2.24) is 9.97 Å². The van der Waals surface area contributed by atoms with Gasteiger partial charge in [-0.2, -0.15) is 0 Å². The second-order valence-corrected chi connectivity index (χ2v) is 4.89. The Bertz CT molecular complexity index is 448. The van der Waals surface area contributed by atoms with Crippen LogP contribution in [0.25, 0.3) is 0 Å². The molecule has 0 bridgehead atoms. The van der Waals surface area contributed by atoms with Gasteiger partial charge in [0.25, 0.3) is 0 Å². The molecule has 4 rings (SSSR count). The average Bonchev–Trinajstić information content (AvgIpc) is 2.90. The van der Waals surface area contributed by atoms with Gasteiger partial charge in [0.05, 0.1) is 0 Å². The lowest BCUT2D eigenvalue weighted by Gasteiger charge is -2.06. The highest BCUT2D eigenvalue weighted by Crippen LogP contribution is 2.42. The van der Waals surface area contributed by atoms with Crippen LogP contribution in [0.4, 0.5) is 0 Å². The van der Waals surface area contributed by atoms with Crippen molar-refractivity contribution >= 4 is 6.21 Å². The maximum absolute atomic E-state index is 4.72. The Labute approximate surface area is 88.7 Å². The zero-order valence-corrected chi connectivity index (χ0v) is 8.56. The molecule has 76 valence electrons. The van der Waals surface area contributed by atoms with Crippen LogP contribution in [-0.2, 0) is 6.42 Å². The Morgan fingerprint density at radius 3 is 3.07 bits per heavy atom. The second kappa shape index (κ2) is 2.65. The van der Waals surface area contributed by atoms with Gasteiger partial charge < -0.3 is 0 Å². The molecule has 3 aliphatic rings. The van der Waals surface area contributed by atoms with Crippen molar-refractivity contribution in [2.45, 2.75) is 31.1 Å². The van der Waals surface area contributed by atoms with Gasteiger partial charge in [-0.3, -0.25) is 4.99 Å². The van der Waals surface area contributed by atoms with Crippen molar-refractivity contribution in [3.63, 3.8) is 0 Å². The van der Waals surface area contributed by atoms with E-state index < -0.39 is 0 Å². The molecule has 1 aliphatic heterocycles. The van der Waals surface area contributed by atoms with Crippen molar-refractivity contribution in [2.24, 2.45) is 10.9 Å². The summed E-state index contributed by atoms with van der Waals surface area (Å²) in [7, 11) is 0. The van der Waals surface area contributed by atoms with Crippen LogP contribution in [0.5, 0.6) is 0 Å². The molecular formula is C12H13N3. The number of aliphatic imine (C=N–C) groups is 1. The van der Waals surface area contributed by atoms with E-state index in [1.807, 2.05) is 0 Å². The van der Waals surface area contributed by atoms with E-state index in [9.17, 15) is 0 Å². The summed E-state index contributed by atoms with van der Waals surface area (Å²) in [6.07, 6.45) is 7.84. The Hall–Kier alpha value is -1.25. The van der Waals surface area contributed by atoms with E-state index in [-0.39, 0.29) is 0 Å². The molecule has 1 aromatic heterocycles. The monoisotopic (exact) mass is 199 g/mol. The van der Waals surface area contributed by atoms with Gasteiger partial charge in [0.1, 0.15) is 5.82 Å². The lowest BCUT2D eigenvalue weighted by atomic mass is 9.97. The Morgan fingerprint density at radius 2 is 2.20 bits per heavy atom. The summed E-state index contributed by atoms with van der Waals surface area (Å²) in [5.74, 6) is 2.96. The third-order valence-electron chi connectivity index (χ3n) is 3.81. The van der Waals surface area contributed by atoms with E-state index in [0.717, 1.165) is 18.8 Å². The minimum absolute atomic E-state index is 0.591. The Balaban J connectivity index is 1.77. The molecule has 2 atom stereocenters. The maximum atomic E-state index is 4.72. The fourth-order valence-corrected chi connectivity index (χ4v) is 2.75. The molecule has 0 radical (unpaired) electrons. The van der Waals surface area contributed by atoms with Crippen molar-refractivity contribution in [1.29, 1.82) is 0 Å². The van der Waals surface area contributed by atoms with Gasteiger partial charge in [-0.15, -0.1) is 0 Å². The Kier molecular flexibility index (Phi) is 1.41. The standard InChI is InChI=1S/C12H13N3/c1-2-7(1)12-14-6-10-9-5-13-4-8(9)3-11(10)15-12/h4,6-9H,1-3,5H2. The summed E-state index contributed by atoms with van der Waals surface area (Å²) in [6, 6.07) is 0. The predicted octanol–water partition coefficient (Wildman–Crippen LogP) is 1.69. The molecule has 2 aliphatic carbocycles. The van der Waals surface area contributed by atoms with E-state index in [4.69, 9.17) is 4.98 Å². The van der Waals surface area contributed by atoms with Gasteiger partial charge in [-0.05, 0) is 24.8 Å². The molecule has 0 aromatic carbocycles. The molecule has 1 aromatic rings. The van der Waals surface area contributed by atoms with Gasteiger partial charge in [-0.25, -0.2) is 9.97 Å². The first-order chi connectivity index (χ1) is 7.42. The van der Waals surface area contributed by atoms with Gasteiger partial charge in [-0.1, -0.05) is 0 Å². The number of hydrogen-bond acceptors (Lipinski definition) is 3. The molecule has 3 nitrogen and oxygen atoms in total. The van der Waals surface area contributed by atoms with Crippen LogP contribution < -0.4 is 0 Å². The summed E-state index contributed by atoms with van der Waals surface area (Å²) in [4.78, 5) is 13.6. The summed E-state index contributed by atoms with van der Waals surface area (Å²) < 4.78 is 0. The number of fused-ring (bicyclic) bond motifs is 3. The summed E-state index contributed by atoms with van der Waals surface area (Å²) in [5, 5.41) is 0. The predicted molar refractivity (Wildman–Crippen MR) is 57.3 cm³/mol. The highest BCUT2D eigenvalue weighted by Gasteiger charge is 2.36. The zero-order chi connectivity index (χ0) is 9.83. The summed E-state index contributed by atoms with van der Waals surface area (Å²) >= 11 is 0. The molecule has 1 saturated carbocycles. The van der Waals surface area contributed by atoms with Crippen molar-refractivity contribution in [3.05, 3.63) is 23.3 Å². The van der Waals surface area contributed by atoms with Crippen LogP contribution in [0, 0.1) is 5.92 Å². The molecule has 2 unspecified atom stereocenters. The highest BCUT2D eigenvalue weighted by molar-refractivity contribution is 5.68. The summed E-state index contributed by atoms with van der Waals surface area (Å²) in [6.45, 7) is 0.948. The first-order valence-electron chi connectivity index (χ1n) is 5.77. The minimum Gasteiger partial charge on any atom is -0.297 e. The maximum Gasteiger partial charge on any atom is 0.131 e. The van der Waals surface area contributed by atoms with Crippen LogP contribution >= 0.6 is 0 Å². The molecule has 0 amide bonds. The first kappa shape index (κ1) is 7.97. The molecule has 0 saturated heterocycles. The number of aromatic nitrogens is 2. The van der Waals surface area contributed by atoms with Crippen LogP contribution in [0.3, 0.4) is 0 Å². The number of rotatable bonds is 1. The largest absolute Gasteiger partial charge is 0.297 e. The molecule has 0 spiro atoms. The second-order valence-electron chi connectivity index (χ2n) is 4.89. The molecular weight excluding hydrogens is 186 g/mol.